The van der Waals surface area contributed by atoms with Crippen molar-refractivity contribution in [1.29, 1.82) is 0 Å². The van der Waals surface area contributed by atoms with Crippen molar-refractivity contribution in [2.75, 3.05) is 19.3 Å². The quantitative estimate of drug-likeness (QED) is 0.551. The lowest BCUT2D eigenvalue weighted by Crippen LogP contribution is -2.40. The van der Waals surface area contributed by atoms with Crippen LogP contribution in [0.25, 0.3) is 0 Å². The van der Waals surface area contributed by atoms with Crippen molar-refractivity contribution in [3.05, 3.63) is 34.9 Å². The van der Waals surface area contributed by atoms with Crippen LogP contribution in [0.15, 0.2) is 18.2 Å². The number of carbonyl (C=O) groups excluding carboxylic acids is 3. The standard InChI is InChI=1S/C18H23N3O5S/c1-27(25,26)20-10-9-19-16(22)12-7-8-14-15(11-12)18(24)21(17(14)23)13-5-3-2-4-6-13/h7-8,11,13,20H,2-6,9-10H2,1H3,(H,19,22). The molecular weight excluding hydrogens is 370 g/mol. The van der Waals surface area contributed by atoms with Crippen LogP contribution >= 0.6 is 0 Å². The van der Waals surface area contributed by atoms with Crippen LogP contribution < -0.4 is 10.0 Å². The molecule has 0 radical (unpaired) electrons. The monoisotopic (exact) mass is 393 g/mol. The SMILES string of the molecule is CS(=O)(=O)NCCNC(=O)c1ccc2c(c1)C(=O)N(C1CCCCC1)C2=O. The van der Waals surface area contributed by atoms with E-state index in [4.69, 9.17) is 0 Å². The minimum absolute atomic E-state index is 0.0644. The first-order valence-corrected chi connectivity index (χ1v) is 10.9. The maximum absolute atomic E-state index is 12.7. The topological polar surface area (TPSA) is 113 Å². The van der Waals surface area contributed by atoms with Gasteiger partial charge in [0.25, 0.3) is 17.7 Å². The molecule has 1 saturated carbocycles. The number of sulfonamides is 1. The Morgan fingerprint density at radius 3 is 2.41 bits per heavy atom. The molecule has 0 bridgehead atoms. The third-order valence-electron chi connectivity index (χ3n) is 4.89. The van der Waals surface area contributed by atoms with Gasteiger partial charge in [0.05, 0.1) is 17.4 Å². The molecule has 1 aromatic rings. The largest absolute Gasteiger partial charge is 0.351 e. The fourth-order valence-corrected chi connectivity index (χ4v) is 4.06. The molecule has 3 amide bonds. The molecule has 0 saturated heterocycles. The van der Waals surface area contributed by atoms with Crippen molar-refractivity contribution in [3.8, 4) is 0 Å². The second kappa shape index (κ2) is 7.77. The molecule has 1 aliphatic carbocycles. The molecule has 1 fully saturated rings. The van der Waals surface area contributed by atoms with Crippen LogP contribution in [-0.4, -0.2) is 56.4 Å². The first-order chi connectivity index (χ1) is 12.8. The third kappa shape index (κ3) is 4.36. The first kappa shape index (κ1) is 19.5. The molecule has 27 heavy (non-hydrogen) atoms. The number of hydrogen-bond acceptors (Lipinski definition) is 5. The summed E-state index contributed by atoms with van der Waals surface area (Å²) in [6.45, 7) is 0.187. The fourth-order valence-electron chi connectivity index (χ4n) is 3.59. The van der Waals surface area contributed by atoms with E-state index in [-0.39, 0.29) is 42.1 Å². The lowest BCUT2D eigenvalue weighted by molar-refractivity contribution is 0.0548. The highest BCUT2D eigenvalue weighted by Gasteiger charge is 2.40. The summed E-state index contributed by atoms with van der Waals surface area (Å²) < 4.78 is 24.3. The van der Waals surface area contributed by atoms with Crippen molar-refractivity contribution in [2.24, 2.45) is 0 Å². The predicted octanol–water partition coefficient (Wildman–Crippen LogP) is 0.894. The molecule has 2 aliphatic rings. The zero-order valence-electron chi connectivity index (χ0n) is 15.2. The van der Waals surface area contributed by atoms with Gasteiger partial charge in [0.15, 0.2) is 0 Å². The summed E-state index contributed by atoms with van der Waals surface area (Å²) in [6, 6.07) is 4.40. The second-order valence-corrected chi connectivity index (χ2v) is 8.79. The Labute approximate surface area is 158 Å². The predicted molar refractivity (Wildman–Crippen MR) is 99.0 cm³/mol. The van der Waals surface area contributed by atoms with E-state index in [1.807, 2.05) is 0 Å². The Bertz CT molecular complexity index is 875. The molecule has 8 nitrogen and oxygen atoms in total. The fraction of sp³-hybridized carbons (Fsp3) is 0.500. The molecule has 2 N–H and O–H groups in total. The van der Waals surface area contributed by atoms with Crippen LogP contribution in [0.1, 0.15) is 63.2 Å². The zero-order chi connectivity index (χ0) is 19.6. The van der Waals surface area contributed by atoms with Crippen LogP contribution in [0, 0.1) is 0 Å². The van der Waals surface area contributed by atoms with E-state index >= 15 is 0 Å². The van der Waals surface area contributed by atoms with Crippen molar-refractivity contribution < 1.29 is 22.8 Å². The van der Waals surface area contributed by atoms with Crippen molar-refractivity contribution in [2.45, 2.75) is 38.1 Å². The third-order valence-corrected chi connectivity index (χ3v) is 5.62. The molecule has 0 atom stereocenters. The number of imide groups is 1. The normalized spacial score (nSPS) is 17.9. The van der Waals surface area contributed by atoms with E-state index in [9.17, 15) is 22.8 Å². The van der Waals surface area contributed by atoms with E-state index < -0.39 is 15.9 Å². The number of rotatable bonds is 6. The van der Waals surface area contributed by atoms with Gasteiger partial charge in [-0.3, -0.25) is 19.3 Å². The summed E-state index contributed by atoms with van der Waals surface area (Å²) in [5.74, 6) is -1.05. The van der Waals surface area contributed by atoms with Gasteiger partial charge in [-0.2, -0.15) is 0 Å². The average Bonchev–Trinajstić information content (AvgIpc) is 2.89. The molecule has 3 rings (SSSR count). The summed E-state index contributed by atoms with van der Waals surface area (Å²) >= 11 is 0. The minimum atomic E-state index is -3.31. The van der Waals surface area contributed by atoms with Gasteiger partial charge >= 0.3 is 0 Å². The molecule has 0 unspecified atom stereocenters. The maximum Gasteiger partial charge on any atom is 0.261 e. The van der Waals surface area contributed by atoms with Gasteiger partial charge in [-0.1, -0.05) is 19.3 Å². The summed E-state index contributed by atoms with van der Waals surface area (Å²) in [5.41, 5.74) is 0.855. The molecule has 1 aromatic carbocycles. The number of nitrogens with one attached hydrogen (secondary N) is 2. The zero-order valence-corrected chi connectivity index (χ0v) is 16.0. The van der Waals surface area contributed by atoms with Crippen LogP contribution in [0.3, 0.4) is 0 Å². The van der Waals surface area contributed by atoms with Gasteiger partial charge in [0.2, 0.25) is 10.0 Å². The van der Waals surface area contributed by atoms with Crippen LogP contribution in [0.4, 0.5) is 0 Å². The Morgan fingerprint density at radius 2 is 1.74 bits per heavy atom. The highest BCUT2D eigenvalue weighted by Crippen LogP contribution is 2.31. The van der Waals surface area contributed by atoms with Crippen LogP contribution in [-0.2, 0) is 10.0 Å². The number of fused-ring (bicyclic) bond motifs is 1. The van der Waals surface area contributed by atoms with Crippen LogP contribution in [0.2, 0.25) is 0 Å². The number of carbonyl (C=O) groups is 3. The lowest BCUT2D eigenvalue weighted by Gasteiger charge is -2.29. The van der Waals surface area contributed by atoms with Crippen molar-refractivity contribution in [3.63, 3.8) is 0 Å². The van der Waals surface area contributed by atoms with E-state index in [1.165, 1.54) is 23.1 Å². The first-order valence-electron chi connectivity index (χ1n) is 9.03. The molecule has 1 heterocycles. The van der Waals surface area contributed by atoms with E-state index in [2.05, 4.69) is 10.0 Å². The van der Waals surface area contributed by atoms with Gasteiger partial charge in [-0.05, 0) is 31.0 Å². The Balaban J connectivity index is 1.69. The Kier molecular flexibility index (Phi) is 5.61. The van der Waals surface area contributed by atoms with E-state index in [1.54, 1.807) is 0 Å². The van der Waals surface area contributed by atoms with Gasteiger partial charge in [-0.15, -0.1) is 0 Å². The molecule has 146 valence electrons. The highest BCUT2D eigenvalue weighted by molar-refractivity contribution is 7.88. The molecule has 0 spiro atoms. The van der Waals surface area contributed by atoms with Gasteiger partial charge < -0.3 is 5.32 Å². The summed E-state index contributed by atoms with van der Waals surface area (Å²) in [5, 5.41) is 2.59. The van der Waals surface area contributed by atoms with Crippen LogP contribution in [0.5, 0.6) is 0 Å². The summed E-state index contributed by atoms with van der Waals surface area (Å²) in [6.07, 6.45) is 5.83. The highest BCUT2D eigenvalue weighted by atomic mass is 32.2. The summed E-state index contributed by atoms with van der Waals surface area (Å²) in [4.78, 5) is 39.0. The molecule has 1 aliphatic heterocycles. The van der Waals surface area contributed by atoms with Gasteiger partial charge in [-0.25, -0.2) is 13.1 Å². The number of amides is 3. The van der Waals surface area contributed by atoms with Gasteiger partial charge in [0.1, 0.15) is 0 Å². The smallest absolute Gasteiger partial charge is 0.261 e. The van der Waals surface area contributed by atoms with E-state index in [0.29, 0.717) is 5.56 Å². The molecule has 0 aromatic heterocycles. The van der Waals surface area contributed by atoms with Crippen molar-refractivity contribution in [1.82, 2.24) is 14.9 Å². The second-order valence-electron chi connectivity index (χ2n) is 6.95. The number of nitrogens with zero attached hydrogens (tertiary/aromatic N) is 1. The lowest BCUT2D eigenvalue weighted by atomic mass is 9.94. The molecule has 9 heteroatoms. The number of benzene rings is 1. The van der Waals surface area contributed by atoms with E-state index in [0.717, 1.165) is 38.4 Å². The Hall–Kier alpha value is -2.26. The Morgan fingerprint density at radius 1 is 1.07 bits per heavy atom. The number of hydrogen-bond donors (Lipinski definition) is 2. The maximum atomic E-state index is 12.7. The molecular formula is C18H23N3O5S. The van der Waals surface area contributed by atoms with Crippen molar-refractivity contribution >= 4 is 27.7 Å². The average molecular weight is 393 g/mol. The van der Waals surface area contributed by atoms with Gasteiger partial charge in [0, 0.05) is 24.7 Å². The minimum Gasteiger partial charge on any atom is -0.351 e. The summed E-state index contributed by atoms with van der Waals surface area (Å²) in [7, 11) is -3.31.